The zero-order valence-electron chi connectivity index (χ0n) is 21.5. The molecule has 0 spiro atoms. The van der Waals surface area contributed by atoms with Gasteiger partial charge in [0.15, 0.2) is 28.1 Å². The Bertz CT molecular complexity index is 1260. The summed E-state index contributed by atoms with van der Waals surface area (Å²) in [6.07, 6.45) is 6.46. The summed E-state index contributed by atoms with van der Waals surface area (Å²) in [7, 11) is 4.92. The predicted molar refractivity (Wildman–Crippen MR) is 149 cm³/mol. The molecule has 1 aliphatic carbocycles. The van der Waals surface area contributed by atoms with Gasteiger partial charge in [0, 0.05) is 49.4 Å². The van der Waals surface area contributed by atoms with Crippen molar-refractivity contribution >= 4 is 39.7 Å². The molecule has 2 aliphatic rings. The molecule has 2 aromatic carbocycles. The zero-order chi connectivity index (χ0) is 25.8. The minimum Gasteiger partial charge on any atom is -0.493 e. The molecule has 0 radical (unpaired) electrons. The Morgan fingerprint density at radius 2 is 1.57 bits per heavy atom. The van der Waals surface area contributed by atoms with Crippen LogP contribution in [0.5, 0.6) is 23.0 Å². The average Bonchev–Trinajstić information content (AvgIpc) is 3.45. The molecule has 1 N–H and O–H groups in total. The highest BCUT2D eigenvalue weighted by atomic mass is 32.1. The van der Waals surface area contributed by atoms with E-state index in [4.69, 9.17) is 31.2 Å². The Hall–Kier alpha value is -3.53. The molecule has 2 heterocycles. The number of thiocarbonyl (C=S) groups is 1. The Balaban J connectivity index is 1.25. The van der Waals surface area contributed by atoms with Gasteiger partial charge in [-0.05, 0) is 56.1 Å². The van der Waals surface area contributed by atoms with E-state index in [0.29, 0.717) is 16.6 Å². The van der Waals surface area contributed by atoms with Gasteiger partial charge in [0.05, 0.1) is 33.0 Å². The molecular weight excluding hydrogens is 490 g/mol. The number of nitrogens with one attached hydrogen (secondary N) is 1. The number of aromatic nitrogens is 2. The van der Waals surface area contributed by atoms with Crippen LogP contribution in [0.2, 0.25) is 0 Å². The van der Waals surface area contributed by atoms with Crippen LogP contribution in [0.1, 0.15) is 25.7 Å². The summed E-state index contributed by atoms with van der Waals surface area (Å²) < 4.78 is 22.7. The minimum absolute atomic E-state index is 0.253. The molecule has 0 atom stereocenters. The number of benzene rings is 2. The fourth-order valence-electron chi connectivity index (χ4n) is 4.98. The fourth-order valence-corrected chi connectivity index (χ4v) is 5.28. The average molecular weight is 524 g/mol. The van der Waals surface area contributed by atoms with Crippen molar-refractivity contribution in [2.24, 2.45) is 0 Å². The van der Waals surface area contributed by atoms with Crippen molar-refractivity contribution in [2.45, 2.75) is 31.8 Å². The maximum atomic E-state index is 6.24. The molecule has 1 aromatic heterocycles. The molecule has 2 fully saturated rings. The predicted octanol–water partition coefficient (Wildman–Crippen LogP) is 4.50. The summed E-state index contributed by atoms with van der Waals surface area (Å²) in [6, 6.07) is 9.70. The van der Waals surface area contributed by atoms with E-state index in [1.54, 1.807) is 27.7 Å². The first-order valence-electron chi connectivity index (χ1n) is 12.6. The maximum absolute atomic E-state index is 6.24. The summed E-state index contributed by atoms with van der Waals surface area (Å²) in [5, 5.41) is 5.01. The lowest BCUT2D eigenvalue weighted by Crippen LogP contribution is -2.50. The largest absolute Gasteiger partial charge is 0.493 e. The van der Waals surface area contributed by atoms with Crippen molar-refractivity contribution in [3.63, 3.8) is 0 Å². The fraction of sp³-hybridized carbons (Fsp3) is 0.444. The van der Waals surface area contributed by atoms with Gasteiger partial charge in [-0.25, -0.2) is 9.97 Å². The van der Waals surface area contributed by atoms with Crippen LogP contribution >= 0.6 is 12.2 Å². The zero-order valence-corrected chi connectivity index (χ0v) is 22.3. The normalized spacial score (nSPS) is 16.1. The first-order chi connectivity index (χ1) is 18.1. The topological polar surface area (TPSA) is 81.2 Å². The number of ether oxygens (including phenoxy) is 4. The van der Waals surface area contributed by atoms with Crippen LogP contribution in [0.15, 0.2) is 36.7 Å². The van der Waals surface area contributed by atoms with Crippen molar-refractivity contribution < 1.29 is 18.9 Å². The van der Waals surface area contributed by atoms with Crippen molar-refractivity contribution in [3.8, 4) is 23.0 Å². The molecule has 9 nitrogen and oxygen atoms in total. The second kappa shape index (κ2) is 11.2. The third-order valence-corrected chi connectivity index (χ3v) is 7.36. The highest BCUT2D eigenvalue weighted by Gasteiger charge is 2.23. The number of anilines is 2. The number of methoxy groups -OCH3 is 3. The number of rotatable bonds is 7. The number of piperazine rings is 1. The summed E-state index contributed by atoms with van der Waals surface area (Å²) in [4.78, 5) is 13.5. The number of hydrogen-bond donors (Lipinski definition) is 1. The smallest absolute Gasteiger partial charge is 0.173 e. The van der Waals surface area contributed by atoms with Crippen LogP contribution in [-0.4, -0.2) is 73.6 Å². The van der Waals surface area contributed by atoms with Crippen LogP contribution in [0.3, 0.4) is 0 Å². The van der Waals surface area contributed by atoms with Crippen LogP contribution in [0.4, 0.5) is 11.5 Å². The van der Waals surface area contributed by atoms with Gasteiger partial charge < -0.3 is 34.1 Å². The molecule has 3 aromatic rings. The Morgan fingerprint density at radius 3 is 2.27 bits per heavy atom. The van der Waals surface area contributed by atoms with E-state index in [2.05, 4.69) is 25.1 Å². The van der Waals surface area contributed by atoms with E-state index in [9.17, 15) is 0 Å². The number of hydrogen-bond acceptors (Lipinski definition) is 8. The lowest BCUT2D eigenvalue weighted by Gasteiger charge is -2.37. The lowest BCUT2D eigenvalue weighted by atomic mass is 10.2. The quantitative estimate of drug-likeness (QED) is 0.447. The van der Waals surface area contributed by atoms with Gasteiger partial charge in [0.1, 0.15) is 12.1 Å². The van der Waals surface area contributed by atoms with Gasteiger partial charge in [-0.15, -0.1) is 0 Å². The van der Waals surface area contributed by atoms with Crippen LogP contribution in [0, 0.1) is 0 Å². The van der Waals surface area contributed by atoms with Crippen LogP contribution in [0.25, 0.3) is 10.9 Å². The standard InChI is InChI=1S/C27H33N5O4S/c1-33-22-9-8-18(14-25(22)36-19-6-4-5-7-19)30-27(37)32-12-10-31(11-13-32)26-20-15-23(34-2)24(35-3)16-21(20)28-17-29-26/h8-9,14-17,19H,4-7,10-13H2,1-3H3,(H,30,37). The highest BCUT2D eigenvalue weighted by molar-refractivity contribution is 7.80. The molecular formula is C27H33N5O4S. The van der Waals surface area contributed by atoms with Gasteiger partial charge in [0.2, 0.25) is 0 Å². The van der Waals surface area contributed by atoms with Gasteiger partial charge in [-0.1, -0.05) is 0 Å². The van der Waals surface area contributed by atoms with Gasteiger partial charge in [-0.2, -0.15) is 0 Å². The Labute approximate surface area is 222 Å². The molecule has 0 amide bonds. The Kier molecular flexibility index (Phi) is 7.64. The van der Waals surface area contributed by atoms with E-state index in [1.807, 2.05) is 30.3 Å². The second-order valence-electron chi connectivity index (χ2n) is 9.22. The molecule has 1 saturated heterocycles. The number of nitrogens with zero attached hydrogens (tertiary/aromatic N) is 4. The van der Waals surface area contributed by atoms with E-state index >= 15 is 0 Å². The van der Waals surface area contributed by atoms with E-state index in [1.165, 1.54) is 12.8 Å². The molecule has 10 heteroatoms. The molecule has 1 saturated carbocycles. The third-order valence-electron chi connectivity index (χ3n) is 7.00. The third kappa shape index (κ3) is 5.44. The molecule has 5 rings (SSSR count). The Morgan fingerprint density at radius 1 is 0.865 bits per heavy atom. The van der Waals surface area contributed by atoms with Crippen molar-refractivity contribution in [1.29, 1.82) is 0 Å². The molecule has 1 aliphatic heterocycles. The maximum Gasteiger partial charge on any atom is 0.173 e. The van der Waals surface area contributed by atoms with E-state index in [-0.39, 0.29) is 6.10 Å². The minimum atomic E-state index is 0.253. The monoisotopic (exact) mass is 523 g/mol. The molecule has 0 unspecified atom stereocenters. The first-order valence-corrected chi connectivity index (χ1v) is 13.0. The van der Waals surface area contributed by atoms with Gasteiger partial charge >= 0.3 is 0 Å². The summed E-state index contributed by atoms with van der Waals surface area (Å²) in [5.41, 5.74) is 1.71. The highest BCUT2D eigenvalue weighted by Crippen LogP contribution is 2.36. The number of fused-ring (bicyclic) bond motifs is 1. The molecule has 196 valence electrons. The van der Waals surface area contributed by atoms with Crippen LogP contribution < -0.4 is 29.2 Å². The van der Waals surface area contributed by atoms with Crippen molar-refractivity contribution in [3.05, 3.63) is 36.7 Å². The summed E-state index contributed by atoms with van der Waals surface area (Å²) in [5.74, 6) is 3.69. The van der Waals surface area contributed by atoms with Gasteiger partial charge in [-0.3, -0.25) is 0 Å². The van der Waals surface area contributed by atoms with Crippen LogP contribution in [-0.2, 0) is 0 Å². The SMILES string of the molecule is COc1cc2ncnc(N3CCN(C(=S)Nc4ccc(OC)c(OC5CCCC5)c4)CC3)c2cc1OC. The lowest BCUT2D eigenvalue weighted by molar-refractivity contribution is 0.201. The second-order valence-corrected chi connectivity index (χ2v) is 9.60. The molecule has 0 bridgehead atoms. The van der Waals surface area contributed by atoms with Crippen molar-refractivity contribution in [2.75, 3.05) is 57.7 Å². The summed E-state index contributed by atoms with van der Waals surface area (Å²) in [6.45, 7) is 3.10. The first kappa shape index (κ1) is 25.1. The van der Waals surface area contributed by atoms with E-state index < -0.39 is 0 Å². The molecule has 37 heavy (non-hydrogen) atoms. The van der Waals surface area contributed by atoms with E-state index in [0.717, 1.165) is 72.9 Å². The summed E-state index contributed by atoms with van der Waals surface area (Å²) >= 11 is 5.76. The van der Waals surface area contributed by atoms with Crippen molar-refractivity contribution in [1.82, 2.24) is 14.9 Å². The van der Waals surface area contributed by atoms with Gasteiger partial charge in [0.25, 0.3) is 0 Å².